The fourth-order valence-corrected chi connectivity index (χ4v) is 4.55. The summed E-state index contributed by atoms with van der Waals surface area (Å²) in [5, 5.41) is 5.63. The number of piperidine rings is 1. The lowest BCUT2D eigenvalue weighted by atomic mass is 9.99. The van der Waals surface area contributed by atoms with E-state index in [1.165, 1.54) is 0 Å². The standard InChI is InChI=1S/C23H26N8O3/c1-4-24-22(32)20-27-13(2)19-21(29-20)31(16-6-5-9-30(19)12-16)23(33)28-18-10-15(7-8-25-18)17-11-26-14(3)34-17/h7-8,10-11,16H,4-6,9,12H2,1-3H3,(H,24,32)(H,25,28,33). The van der Waals surface area contributed by atoms with Gasteiger partial charge in [-0.25, -0.2) is 24.7 Å². The molecule has 3 aromatic rings. The second kappa shape index (κ2) is 8.73. The third-order valence-corrected chi connectivity index (χ3v) is 6.01. The second-order valence-electron chi connectivity index (χ2n) is 8.38. The van der Waals surface area contributed by atoms with Crippen molar-refractivity contribution in [2.45, 2.75) is 39.7 Å². The zero-order chi connectivity index (χ0) is 23.8. The van der Waals surface area contributed by atoms with Crippen LogP contribution in [-0.4, -0.2) is 57.6 Å². The summed E-state index contributed by atoms with van der Waals surface area (Å²) in [7, 11) is 0. The quantitative estimate of drug-likeness (QED) is 0.605. The van der Waals surface area contributed by atoms with Crippen molar-refractivity contribution in [3.63, 3.8) is 0 Å². The van der Waals surface area contributed by atoms with Gasteiger partial charge >= 0.3 is 6.03 Å². The number of oxazole rings is 1. The van der Waals surface area contributed by atoms with Crippen molar-refractivity contribution in [2.75, 3.05) is 34.8 Å². The molecule has 5 heterocycles. The highest BCUT2D eigenvalue weighted by atomic mass is 16.4. The number of aryl methyl sites for hydroxylation is 2. The molecule has 1 fully saturated rings. The van der Waals surface area contributed by atoms with Gasteiger partial charge in [0.25, 0.3) is 5.91 Å². The SMILES string of the molecule is CCNC(=O)c1nc(C)c2c(n1)N(C(=O)Nc1cc(-c3cnc(C)o3)ccn1)C1CCCN2C1. The van der Waals surface area contributed by atoms with Crippen LogP contribution in [-0.2, 0) is 0 Å². The van der Waals surface area contributed by atoms with Crippen LogP contribution in [0.3, 0.4) is 0 Å². The van der Waals surface area contributed by atoms with Gasteiger partial charge in [-0.05, 0) is 38.8 Å². The first kappa shape index (κ1) is 21.8. The predicted octanol–water partition coefficient (Wildman–Crippen LogP) is 2.91. The van der Waals surface area contributed by atoms with Gasteiger partial charge in [0.1, 0.15) is 11.5 Å². The summed E-state index contributed by atoms with van der Waals surface area (Å²) in [6.07, 6.45) is 5.03. The molecule has 11 nitrogen and oxygen atoms in total. The second-order valence-corrected chi connectivity index (χ2v) is 8.38. The number of anilines is 3. The van der Waals surface area contributed by atoms with Crippen molar-refractivity contribution in [2.24, 2.45) is 0 Å². The van der Waals surface area contributed by atoms with Gasteiger partial charge in [0.05, 0.1) is 17.9 Å². The number of carbonyl (C=O) groups excluding carboxylic acids is 2. The maximum absolute atomic E-state index is 13.6. The Kier molecular flexibility index (Phi) is 5.60. The molecule has 176 valence electrons. The molecule has 34 heavy (non-hydrogen) atoms. The summed E-state index contributed by atoms with van der Waals surface area (Å²) in [6, 6.07) is 3.10. The Bertz CT molecular complexity index is 1260. The van der Waals surface area contributed by atoms with E-state index < -0.39 is 0 Å². The Hall–Kier alpha value is -4.02. The molecule has 1 atom stereocenters. The van der Waals surface area contributed by atoms with Gasteiger partial charge in [0, 0.05) is 38.3 Å². The number of pyridine rings is 1. The van der Waals surface area contributed by atoms with E-state index in [0.717, 1.165) is 30.6 Å². The number of fused-ring (bicyclic) bond motifs is 4. The Morgan fingerprint density at radius 1 is 1.24 bits per heavy atom. The van der Waals surface area contributed by atoms with E-state index in [0.29, 0.717) is 42.1 Å². The lowest BCUT2D eigenvalue weighted by Crippen LogP contribution is -2.56. The molecule has 1 unspecified atom stereocenters. The fraction of sp³-hybridized carbons (Fsp3) is 0.391. The molecule has 3 amide bonds. The van der Waals surface area contributed by atoms with Crippen molar-refractivity contribution in [1.82, 2.24) is 25.3 Å². The maximum Gasteiger partial charge on any atom is 0.329 e. The molecular formula is C23H26N8O3. The zero-order valence-electron chi connectivity index (χ0n) is 19.3. The highest BCUT2D eigenvalue weighted by molar-refractivity contribution is 6.05. The molecule has 3 aromatic heterocycles. The largest absolute Gasteiger partial charge is 0.441 e. The third kappa shape index (κ3) is 3.93. The van der Waals surface area contributed by atoms with Gasteiger partial charge in [-0.3, -0.25) is 15.0 Å². The highest BCUT2D eigenvalue weighted by Gasteiger charge is 2.40. The summed E-state index contributed by atoms with van der Waals surface area (Å²) >= 11 is 0. The first-order valence-corrected chi connectivity index (χ1v) is 11.4. The Morgan fingerprint density at radius 2 is 2.09 bits per heavy atom. The van der Waals surface area contributed by atoms with Crippen LogP contribution in [0.25, 0.3) is 11.3 Å². The van der Waals surface area contributed by atoms with Crippen molar-refractivity contribution in [1.29, 1.82) is 0 Å². The summed E-state index contributed by atoms with van der Waals surface area (Å²) in [4.78, 5) is 47.3. The van der Waals surface area contributed by atoms with Crippen molar-refractivity contribution in [3.05, 3.63) is 41.9 Å². The van der Waals surface area contributed by atoms with Crippen LogP contribution < -0.4 is 20.4 Å². The van der Waals surface area contributed by atoms with E-state index in [2.05, 4.69) is 35.5 Å². The number of amides is 3. The number of aromatic nitrogens is 4. The Balaban J connectivity index is 1.49. The van der Waals surface area contributed by atoms with Crippen LogP contribution in [0.4, 0.5) is 22.1 Å². The van der Waals surface area contributed by atoms with Gasteiger partial charge < -0.3 is 14.6 Å². The lowest BCUT2D eigenvalue weighted by Gasteiger charge is -2.46. The van der Waals surface area contributed by atoms with Gasteiger partial charge in [-0.2, -0.15) is 0 Å². The van der Waals surface area contributed by atoms with E-state index in [-0.39, 0.29) is 23.8 Å². The van der Waals surface area contributed by atoms with Crippen molar-refractivity contribution in [3.8, 4) is 11.3 Å². The van der Waals surface area contributed by atoms with E-state index in [9.17, 15) is 9.59 Å². The summed E-state index contributed by atoms with van der Waals surface area (Å²) in [5.74, 6) is 1.67. The number of hydrogen-bond donors (Lipinski definition) is 2. The van der Waals surface area contributed by atoms with Crippen LogP contribution in [0.2, 0.25) is 0 Å². The van der Waals surface area contributed by atoms with Crippen LogP contribution in [0.5, 0.6) is 0 Å². The van der Waals surface area contributed by atoms with Gasteiger partial charge in [-0.15, -0.1) is 0 Å². The smallest absolute Gasteiger partial charge is 0.329 e. The van der Waals surface area contributed by atoms with Crippen LogP contribution in [0, 0.1) is 13.8 Å². The molecule has 2 aliphatic rings. The Morgan fingerprint density at radius 3 is 2.85 bits per heavy atom. The molecule has 5 rings (SSSR count). The number of hydrogen-bond acceptors (Lipinski definition) is 8. The average Bonchev–Trinajstić information content (AvgIpc) is 3.25. The van der Waals surface area contributed by atoms with Crippen LogP contribution in [0.1, 0.15) is 42.0 Å². The molecular weight excluding hydrogens is 436 g/mol. The van der Waals surface area contributed by atoms with Crippen molar-refractivity contribution < 1.29 is 14.0 Å². The molecule has 0 aliphatic carbocycles. The average molecular weight is 463 g/mol. The predicted molar refractivity (Wildman–Crippen MR) is 126 cm³/mol. The van der Waals surface area contributed by atoms with Gasteiger partial charge in [0.15, 0.2) is 17.5 Å². The lowest BCUT2D eigenvalue weighted by molar-refractivity contribution is 0.0945. The zero-order valence-corrected chi connectivity index (χ0v) is 19.3. The minimum Gasteiger partial charge on any atom is -0.441 e. The number of nitrogens with zero attached hydrogens (tertiary/aromatic N) is 6. The summed E-state index contributed by atoms with van der Waals surface area (Å²) in [5.41, 5.74) is 2.22. The maximum atomic E-state index is 13.6. The highest BCUT2D eigenvalue weighted by Crippen LogP contribution is 2.39. The molecule has 2 N–H and O–H groups in total. The molecule has 0 aromatic carbocycles. The molecule has 1 saturated heterocycles. The van der Waals surface area contributed by atoms with Crippen LogP contribution in [0.15, 0.2) is 28.9 Å². The normalized spacial score (nSPS) is 16.7. The number of carbonyl (C=O) groups is 2. The molecule has 0 radical (unpaired) electrons. The molecule has 0 spiro atoms. The van der Waals surface area contributed by atoms with Crippen molar-refractivity contribution >= 4 is 29.3 Å². The number of rotatable bonds is 4. The van der Waals surface area contributed by atoms with Gasteiger partial charge in [-0.1, -0.05) is 0 Å². The summed E-state index contributed by atoms with van der Waals surface area (Å²) in [6.45, 7) is 7.47. The minimum absolute atomic E-state index is 0.0536. The fourth-order valence-electron chi connectivity index (χ4n) is 4.55. The van der Waals surface area contributed by atoms with Crippen LogP contribution >= 0.6 is 0 Å². The minimum atomic E-state index is -0.365. The number of nitrogens with one attached hydrogen (secondary N) is 2. The van der Waals surface area contributed by atoms with E-state index in [1.807, 2.05) is 13.8 Å². The summed E-state index contributed by atoms with van der Waals surface area (Å²) < 4.78 is 5.59. The van der Waals surface area contributed by atoms with Gasteiger partial charge in [0.2, 0.25) is 5.82 Å². The van der Waals surface area contributed by atoms with E-state index >= 15 is 0 Å². The molecule has 0 saturated carbocycles. The van der Waals surface area contributed by atoms with E-state index in [4.69, 9.17) is 4.42 Å². The Labute approximate surface area is 196 Å². The monoisotopic (exact) mass is 462 g/mol. The third-order valence-electron chi connectivity index (χ3n) is 6.01. The molecule has 2 aliphatic heterocycles. The topological polar surface area (TPSA) is 129 Å². The number of urea groups is 1. The van der Waals surface area contributed by atoms with E-state index in [1.54, 1.807) is 36.4 Å². The first-order valence-electron chi connectivity index (χ1n) is 11.4. The first-order chi connectivity index (χ1) is 16.4. The molecule has 11 heteroatoms. The molecule has 2 bridgehead atoms.